The van der Waals surface area contributed by atoms with Crippen LogP contribution >= 0.6 is 0 Å². The lowest BCUT2D eigenvalue weighted by Crippen LogP contribution is -2.13. The summed E-state index contributed by atoms with van der Waals surface area (Å²) in [6.45, 7) is 3.78. The van der Waals surface area contributed by atoms with Crippen LogP contribution in [0.25, 0.3) is 0 Å². The number of carbonyl (C=O) groups excluding carboxylic acids is 2. The number of rotatable bonds is 3. The van der Waals surface area contributed by atoms with E-state index in [0.29, 0.717) is 5.69 Å². The molecule has 0 aliphatic carbocycles. The van der Waals surface area contributed by atoms with E-state index in [0.717, 1.165) is 11.1 Å². The number of methoxy groups -OCH3 is 1. The van der Waals surface area contributed by atoms with Gasteiger partial charge in [-0.2, -0.15) is 0 Å². The number of hydrogen-bond acceptors (Lipinski definition) is 5. The van der Waals surface area contributed by atoms with Crippen LogP contribution in [0.15, 0.2) is 28.8 Å². The maximum atomic E-state index is 12.0. The Bertz CT molecular complexity index is 641. The molecule has 2 rings (SSSR count). The summed E-state index contributed by atoms with van der Waals surface area (Å²) < 4.78 is 9.33. The number of esters is 1. The van der Waals surface area contributed by atoms with Gasteiger partial charge < -0.3 is 14.6 Å². The lowest BCUT2D eigenvalue weighted by molar-refractivity contribution is 0.0588. The van der Waals surface area contributed by atoms with Crippen molar-refractivity contribution in [3.05, 3.63) is 46.8 Å². The molecule has 0 bridgehead atoms. The van der Waals surface area contributed by atoms with Crippen LogP contribution in [0.3, 0.4) is 0 Å². The molecule has 1 heterocycles. The van der Waals surface area contributed by atoms with Crippen LogP contribution in [-0.2, 0) is 4.74 Å². The minimum atomic E-state index is -0.653. The molecule has 0 aliphatic rings. The Balaban J connectivity index is 2.20. The lowest BCUT2D eigenvalue weighted by Gasteiger charge is -2.09. The topological polar surface area (TPSA) is 81.4 Å². The molecule has 0 unspecified atom stereocenters. The predicted octanol–water partition coefficient (Wildman–Crippen LogP) is 2.33. The van der Waals surface area contributed by atoms with Crippen molar-refractivity contribution in [2.45, 2.75) is 13.8 Å². The summed E-state index contributed by atoms with van der Waals surface area (Å²) in [6, 6.07) is 6.94. The van der Waals surface area contributed by atoms with Crippen molar-refractivity contribution in [1.82, 2.24) is 5.16 Å². The van der Waals surface area contributed by atoms with Crippen molar-refractivity contribution in [3.63, 3.8) is 0 Å². The van der Waals surface area contributed by atoms with E-state index >= 15 is 0 Å². The average Bonchev–Trinajstić information content (AvgIpc) is 2.92. The third-order valence-electron chi connectivity index (χ3n) is 2.85. The Hall–Kier alpha value is -2.63. The Kier molecular flexibility index (Phi) is 3.84. The first-order valence-electron chi connectivity index (χ1n) is 5.95. The zero-order valence-electron chi connectivity index (χ0n) is 11.4. The quantitative estimate of drug-likeness (QED) is 0.869. The fourth-order valence-electron chi connectivity index (χ4n) is 1.77. The van der Waals surface area contributed by atoms with Crippen LogP contribution in [-0.4, -0.2) is 24.1 Å². The highest BCUT2D eigenvalue weighted by Crippen LogP contribution is 2.20. The lowest BCUT2D eigenvalue weighted by atomic mass is 10.1. The average molecular weight is 274 g/mol. The number of para-hydroxylation sites is 1. The molecule has 20 heavy (non-hydrogen) atoms. The van der Waals surface area contributed by atoms with Gasteiger partial charge in [0.1, 0.15) is 0 Å². The summed E-state index contributed by atoms with van der Waals surface area (Å²) in [5.41, 5.74) is 2.55. The zero-order chi connectivity index (χ0) is 14.7. The second kappa shape index (κ2) is 5.56. The molecule has 1 N–H and O–H groups in total. The Morgan fingerprint density at radius 1 is 1.25 bits per heavy atom. The molecule has 0 fully saturated rings. The van der Waals surface area contributed by atoms with Crippen LogP contribution in [0.4, 0.5) is 5.69 Å². The van der Waals surface area contributed by atoms with Crippen LogP contribution < -0.4 is 5.32 Å². The summed E-state index contributed by atoms with van der Waals surface area (Å²) >= 11 is 0. The van der Waals surface area contributed by atoms with Gasteiger partial charge in [-0.25, -0.2) is 4.79 Å². The molecule has 0 saturated heterocycles. The summed E-state index contributed by atoms with van der Waals surface area (Å²) in [4.78, 5) is 23.3. The first-order valence-corrected chi connectivity index (χ1v) is 5.95. The molecule has 104 valence electrons. The normalized spacial score (nSPS) is 10.2. The summed E-state index contributed by atoms with van der Waals surface area (Å²) in [5, 5.41) is 6.22. The number of anilines is 1. The molecule has 1 amide bonds. The number of amides is 1. The van der Waals surface area contributed by atoms with E-state index in [4.69, 9.17) is 4.52 Å². The number of hydrogen-bond donors (Lipinski definition) is 1. The first kappa shape index (κ1) is 13.8. The summed E-state index contributed by atoms with van der Waals surface area (Å²) in [7, 11) is 1.23. The van der Waals surface area contributed by atoms with E-state index in [2.05, 4.69) is 15.2 Å². The molecule has 1 aromatic carbocycles. The van der Waals surface area contributed by atoms with Gasteiger partial charge in [-0.15, -0.1) is 0 Å². The number of carbonyl (C=O) groups is 2. The van der Waals surface area contributed by atoms with E-state index < -0.39 is 11.9 Å². The first-order chi connectivity index (χ1) is 9.52. The van der Waals surface area contributed by atoms with Gasteiger partial charge in [0.25, 0.3) is 5.91 Å². The number of aryl methyl sites for hydroxylation is 2. The number of benzene rings is 1. The molecule has 0 atom stereocenters. The zero-order valence-corrected chi connectivity index (χ0v) is 11.4. The number of ether oxygens (including phenoxy) is 1. The molecular weight excluding hydrogens is 260 g/mol. The van der Waals surface area contributed by atoms with Crippen molar-refractivity contribution in [2.24, 2.45) is 0 Å². The van der Waals surface area contributed by atoms with Crippen molar-refractivity contribution < 1.29 is 18.8 Å². The number of aromatic nitrogens is 1. The van der Waals surface area contributed by atoms with Crippen molar-refractivity contribution in [1.29, 1.82) is 0 Å². The second-order valence-electron chi connectivity index (χ2n) is 4.29. The van der Waals surface area contributed by atoms with Gasteiger partial charge in [-0.05, 0) is 25.0 Å². The smallest absolute Gasteiger partial charge is 0.360 e. The second-order valence-corrected chi connectivity index (χ2v) is 4.29. The van der Waals surface area contributed by atoms with Gasteiger partial charge in [-0.3, -0.25) is 4.79 Å². The van der Waals surface area contributed by atoms with Gasteiger partial charge in [0.15, 0.2) is 5.69 Å². The van der Waals surface area contributed by atoms with E-state index in [9.17, 15) is 9.59 Å². The molecular formula is C14H14N2O4. The maximum Gasteiger partial charge on any atom is 0.360 e. The number of nitrogens with zero attached hydrogens (tertiary/aromatic N) is 1. The van der Waals surface area contributed by atoms with E-state index in [-0.39, 0.29) is 11.5 Å². The highest BCUT2D eigenvalue weighted by molar-refractivity contribution is 6.04. The Morgan fingerprint density at radius 3 is 2.50 bits per heavy atom. The summed E-state index contributed by atoms with van der Waals surface area (Å²) in [6.07, 6.45) is 0. The number of nitrogens with one attached hydrogen (secondary N) is 1. The molecule has 0 spiro atoms. The minimum absolute atomic E-state index is 0.0424. The fraction of sp³-hybridized carbons (Fsp3) is 0.214. The van der Waals surface area contributed by atoms with Crippen LogP contribution in [0.1, 0.15) is 32.2 Å². The van der Waals surface area contributed by atoms with Gasteiger partial charge in [-0.1, -0.05) is 23.4 Å². The van der Waals surface area contributed by atoms with Crippen LogP contribution in [0.2, 0.25) is 0 Å². The third kappa shape index (κ3) is 2.69. The molecule has 0 aliphatic heterocycles. The van der Waals surface area contributed by atoms with Crippen molar-refractivity contribution in [3.8, 4) is 0 Å². The molecule has 6 nitrogen and oxygen atoms in total. The molecule has 1 aromatic heterocycles. The SMILES string of the molecule is COC(=O)c1cc(C(=O)Nc2c(C)cccc2C)on1. The van der Waals surface area contributed by atoms with Gasteiger partial charge in [0.2, 0.25) is 5.76 Å². The molecule has 0 saturated carbocycles. The van der Waals surface area contributed by atoms with Crippen molar-refractivity contribution in [2.75, 3.05) is 12.4 Å². The Labute approximate surface area is 115 Å². The van der Waals surface area contributed by atoms with Gasteiger partial charge >= 0.3 is 5.97 Å². The molecule has 0 radical (unpaired) electrons. The highest BCUT2D eigenvalue weighted by atomic mass is 16.5. The molecule has 6 heteroatoms. The van der Waals surface area contributed by atoms with Crippen LogP contribution in [0.5, 0.6) is 0 Å². The maximum absolute atomic E-state index is 12.0. The monoisotopic (exact) mass is 274 g/mol. The van der Waals surface area contributed by atoms with E-state index in [1.54, 1.807) is 0 Å². The molecule has 2 aromatic rings. The third-order valence-corrected chi connectivity index (χ3v) is 2.85. The predicted molar refractivity (Wildman–Crippen MR) is 71.7 cm³/mol. The largest absolute Gasteiger partial charge is 0.464 e. The summed E-state index contributed by atoms with van der Waals surface area (Å²) in [5.74, 6) is -1.17. The van der Waals surface area contributed by atoms with E-state index in [1.165, 1.54) is 13.2 Å². The van der Waals surface area contributed by atoms with Crippen molar-refractivity contribution >= 4 is 17.6 Å². The fourth-order valence-corrected chi connectivity index (χ4v) is 1.77. The van der Waals surface area contributed by atoms with E-state index in [1.807, 2.05) is 32.0 Å². The Morgan fingerprint density at radius 2 is 1.90 bits per heavy atom. The minimum Gasteiger partial charge on any atom is -0.464 e. The van der Waals surface area contributed by atoms with Crippen LogP contribution in [0, 0.1) is 13.8 Å². The van der Waals surface area contributed by atoms with Gasteiger partial charge in [0, 0.05) is 11.8 Å². The van der Waals surface area contributed by atoms with Gasteiger partial charge in [0.05, 0.1) is 7.11 Å². The standard InChI is InChI=1S/C14H14N2O4/c1-8-5-4-6-9(2)12(8)15-13(17)11-7-10(16-20-11)14(18)19-3/h4-7H,1-3H3,(H,15,17). The highest BCUT2D eigenvalue weighted by Gasteiger charge is 2.18.